The van der Waals surface area contributed by atoms with E-state index in [1.807, 2.05) is 4.72 Å². The van der Waals surface area contributed by atoms with Gasteiger partial charge in [-0.25, -0.2) is 22.9 Å². The van der Waals surface area contributed by atoms with Crippen LogP contribution in [0.15, 0.2) is 47.5 Å². The highest BCUT2D eigenvalue weighted by Gasteiger charge is 2.19. The van der Waals surface area contributed by atoms with Crippen molar-refractivity contribution in [3.8, 4) is 5.88 Å². The van der Waals surface area contributed by atoms with Crippen LogP contribution >= 0.6 is 0 Å². The number of carbonyl (C=O) groups is 3. The number of carbonyl (C=O) groups excluding carboxylic acids is 3. The van der Waals surface area contributed by atoms with Gasteiger partial charge in [0.05, 0.1) is 17.1 Å². The minimum Gasteiger partial charge on any atom is -0.391 e. The fraction of sp³-hybridized carbons (Fsp3) is 0.300. The maximum Gasteiger partial charge on any atom is 0.414 e. The van der Waals surface area contributed by atoms with E-state index in [2.05, 4.69) is 15.6 Å². The number of sulfonamides is 1. The lowest BCUT2D eigenvalue weighted by Crippen LogP contribution is -2.31. The molecular weight excluding hydrogens is 440 g/mol. The van der Waals surface area contributed by atoms with Gasteiger partial charge in [-0.2, -0.15) is 0 Å². The number of nitrogens with zero attached hydrogens (tertiary/aromatic N) is 1. The van der Waals surface area contributed by atoms with E-state index in [4.69, 9.17) is 9.47 Å². The summed E-state index contributed by atoms with van der Waals surface area (Å²) in [5, 5.41) is 5.09. The molecule has 3 amide bonds. The quantitative estimate of drug-likeness (QED) is 0.433. The number of hydrogen-bond acceptors (Lipinski definition) is 8. The molecule has 2 rings (SSSR count). The second-order valence-electron chi connectivity index (χ2n) is 6.51. The molecule has 1 heterocycles. The van der Waals surface area contributed by atoms with Gasteiger partial charge in [-0.3, -0.25) is 9.59 Å². The van der Waals surface area contributed by atoms with Crippen LogP contribution < -0.4 is 20.1 Å². The summed E-state index contributed by atoms with van der Waals surface area (Å²) in [5.74, 6) is -1.09. The first-order valence-corrected chi connectivity index (χ1v) is 11.0. The SMILES string of the molecule is COCCNC(=O)Oc1ccc(C(=O)NS(=O)(=O)c2ccc(CCNC(C)=O)cc2)cn1. The Bertz CT molecular complexity index is 1040. The molecule has 0 unspecified atom stereocenters. The standard InChI is InChI=1S/C20H24N4O7S/c1-14(25)21-10-9-15-3-6-17(7-4-15)32(28,29)24-19(26)16-5-8-18(23-13-16)31-20(27)22-11-12-30-2/h3-8,13H,9-12H2,1-2H3,(H,21,25)(H,22,27)(H,24,26). The Kier molecular flexibility index (Phi) is 9.10. The first kappa shape index (κ1) is 24.8. The zero-order chi connectivity index (χ0) is 23.6. The maximum absolute atomic E-state index is 12.5. The minimum absolute atomic E-state index is 0.0346. The molecule has 0 aliphatic rings. The Balaban J connectivity index is 1.94. The number of ether oxygens (including phenoxy) is 2. The lowest BCUT2D eigenvalue weighted by atomic mass is 10.1. The van der Waals surface area contributed by atoms with Crippen LogP contribution in [0, 0.1) is 0 Å². The Morgan fingerprint density at radius 3 is 2.31 bits per heavy atom. The fourth-order valence-corrected chi connectivity index (χ4v) is 3.39. The number of benzene rings is 1. The molecular formula is C20H24N4O7S. The second-order valence-corrected chi connectivity index (χ2v) is 8.19. The van der Waals surface area contributed by atoms with Crippen molar-refractivity contribution < 1.29 is 32.3 Å². The fourth-order valence-electron chi connectivity index (χ4n) is 2.42. The number of hydrogen-bond donors (Lipinski definition) is 3. The highest BCUT2D eigenvalue weighted by molar-refractivity contribution is 7.90. The first-order valence-electron chi connectivity index (χ1n) is 9.52. The van der Waals surface area contributed by atoms with Crippen LogP contribution in [0.2, 0.25) is 0 Å². The summed E-state index contributed by atoms with van der Waals surface area (Å²) in [6.07, 6.45) is 0.889. The van der Waals surface area contributed by atoms with Gasteiger partial charge in [0, 0.05) is 39.4 Å². The highest BCUT2D eigenvalue weighted by Crippen LogP contribution is 2.13. The molecule has 32 heavy (non-hydrogen) atoms. The van der Waals surface area contributed by atoms with Crippen molar-refractivity contribution in [3.05, 3.63) is 53.7 Å². The number of nitrogens with one attached hydrogen (secondary N) is 3. The van der Waals surface area contributed by atoms with E-state index in [-0.39, 0.29) is 28.8 Å². The first-order chi connectivity index (χ1) is 15.2. The number of methoxy groups -OCH3 is 1. The number of amides is 3. The van der Waals surface area contributed by atoms with Crippen molar-refractivity contribution in [2.75, 3.05) is 26.8 Å². The van der Waals surface area contributed by atoms with Gasteiger partial charge < -0.3 is 20.1 Å². The van der Waals surface area contributed by atoms with Crippen LogP contribution in [0.1, 0.15) is 22.8 Å². The second kappa shape index (κ2) is 11.8. The van der Waals surface area contributed by atoms with Gasteiger partial charge in [-0.1, -0.05) is 12.1 Å². The third kappa shape index (κ3) is 7.96. The molecule has 172 valence electrons. The van der Waals surface area contributed by atoms with Crippen LogP contribution in [-0.2, 0) is 26.0 Å². The summed E-state index contributed by atoms with van der Waals surface area (Å²) >= 11 is 0. The summed E-state index contributed by atoms with van der Waals surface area (Å²) in [5.41, 5.74) is 0.794. The van der Waals surface area contributed by atoms with Gasteiger partial charge in [0.1, 0.15) is 0 Å². The summed E-state index contributed by atoms with van der Waals surface area (Å²) in [6.45, 7) is 2.41. The van der Waals surface area contributed by atoms with Crippen LogP contribution in [-0.4, -0.2) is 58.1 Å². The van der Waals surface area contributed by atoms with Crippen LogP contribution in [0.5, 0.6) is 5.88 Å². The Hall–Kier alpha value is -3.51. The molecule has 0 saturated carbocycles. The average Bonchev–Trinajstić information content (AvgIpc) is 2.74. The number of pyridine rings is 1. The van der Waals surface area contributed by atoms with Gasteiger partial charge in [-0.05, 0) is 30.2 Å². The molecule has 3 N–H and O–H groups in total. The van der Waals surface area contributed by atoms with Crippen molar-refractivity contribution in [2.24, 2.45) is 0 Å². The summed E-state index contributed by atoms with van der Waals surface area (Å²) < 4.78 is 36.6. The van der Waals surface area contributed by atoms with E-state index in [1.54, 1.807) is 12.1 Å². The van der Waals surface area contributed by atoms with Crippen LogP contribution in [0.25, 0.3) is 0 Å². The summed E-state index contributed by atoms with van der Waals surface area (Å²) in [6, 6.07) is 8.49. The molecule has 0 spiro atoms. The molecule has 2 aromatic rings. The van der Waals surface area contributed by atoms with Gasteiger partial charge in [0.15, 0.2) is 0 Å². The van der Waals surface area contributed by atoms with E-state index in [1.165, 1.54) is 38.3 Å². The maximum atomic E-state index is 12.5. The molecule has 0 aliphatic heterocycles. The highest BCUT2D eigenvalue weighted by atomic mass is 32.2. The predicted molar refractivity (Wildman–Crippen MR) is 114 cm³/mol. The van der Waals surface area contributed by atoms with Gasteiger partial charge in [0.25, 0.3) is 15.9 Å². The van der Waals surface area contributed by atoms with E-state index in [0.29, 0.717) is 19.6 Å². The van der Waals surface area contributed by atoms with E-state index >= 15 is 0 Å². The number of rotatable bonds is 10. The molecule has 1 aromatic heterocycles. The van der Waals surface area contributed by atoms with E-state index < -0.39 is 22.0 Å². The Morgan fingerprint density at radius 1 is 1.00 bits per heavy atom. The molecule has 0 atom stereocenters. The monoisotopic (exact) mass is 464 g/mol. The number of aromatic nitrogens is 1. The molecule has 0 fully saturated rings. The van der Waals surface area contributed by atoms with Crippen LogP contribution in [0.4, 0.5) is 4.79 Å². The summed E-state index contributed by atoms with van der Waals surface area (Å²) in [7, 11) is -2.61. The zero-order valence-corrected chi connectivity index (χ0v) is 18.4. The van der Waals surface area contributed by atoms with Crippen molar-refractivity contribution in [3.63, 3.8) is 0 Å². The van der Waals surface area contributed by atoms with Gasteiger partial charge in [-0.15, -0.1) is 0 Å². The third-order valence-corrected chi connectivity index (χ3v) is 5.37. The smallest absolute Gasteiger partial charge is 0.391 e. The lowest BCUT2D eigenvalue weighted by molar-refractivity contribution is -0.118. The van der Waals surface area contributed by atoms with Crippen molar-refractivity contribution in [1.82, 2.24) is 20.3 Å². The summed E-state index contributed by atoms with van der Waals surface area (Å²) in [4.78, 5) is 38.5. The molecule has 0 aliphatic carbocycles. The lowest BCUT2D eigenvalue weighted by Gasteiger charge is -2.09. The molecule has 11 nitrogen and oxygen atoms in total. The minimum atomic E-state index is -4.10. The molecule has 0 radical (unpaired) electrons. The Labute approximate surface area is 185 Å². The van der Waals surface area contributed by atoms with E-state index in [9.17, 15) is 22.8 Å². The van der Waals surface area contributed by atoms with Crippen molar-refractivity contribution >= 4 is 27.9 Å². The average molecular weight is 465 g/mol. The zero-order valence-electron chi connectivity index (χ0n) is 17.6. The molecule has 1 aromatic carbocycles. The van der Waals surface area contributed by atoms with E-state index in [0.717, 1.165) is 11.8 Å². The normalized spacial score (nSPS) is 10.8. The topological polar surface area (TPSA) is 153 Å². The van der Waals surface area contributed by atoms with Crippen molar-refractivity contribution in [1.29, 1.82) is 0 Å². The third-order valence-electron chi connectivity index (χ3n) is 4.02. The largest absolute Gasteiger partial charge is 0.414 e. The van der Waals surface area contributed by atoms with Crippen LogP contribution in [0.3, 0.4) is 0 Å². The van der Waals surface area contributed by atoms with Gasteiger partial charge >= 0.3 is 6.09 Å². The Morgan fingerprint density at radius 2 is 1.72 bits per heavy atom. The van der Waals surface area contributed by atoms with Gasteiger partial charge in [0.2, 0.25) is 11.8 Å². The predicted octanol–water partition coefficient (Wildman–Crippen LogP) is 0.614. The molecule has 0 bridgehead atoms. The van der Waals surface area contributed by atoms with Crippen molar-refractivity contribution in [2.45, 2.75) is 18.2 Å². The molecule has 0 saturated heterocycles. The molecule has 12 heteroatoms.